The molecule has 1 unspecified atom stereocenters. The van der Waals surface area contributed by atoms with Crippen molar-refractivity contribution in [1.82, 2.24) is 19.3 Å². The number of hydrogen-bond donors (Lipinski definition) is 1. The molecule has 0 aliphatic heterocycles. The normalized spacial score (nSPS) is 12.1. The van der Waals surface area contributed by atoms with Crippen molar-refractivity contribution in [2.75, 3.05) is 13.7 Å². The minimum atomic E-state index is -0.920. The zero-order chi connectivity index (χ0) is 21.1. The second kappa shape index (κ2) is 8.34. The Morgan fingerprint density at radius 2 is 1.80 bits per heavy atom. The number of aliphatic hydroxyl groups excluding tert-OH is 1. The molecule has 0 saturated heterocycles. The van der Waals surface area contributed by atoms with E-state index in [1.54, 1.807) is 43.5 Å². The van der Waals surface area contributed by atoms with Gasteiger partial charge in [-0.05, 0) is 48.5 Å². The quantitative estimate of drug-likeness (QED) is 0.502. The third-order valence-corrected chi connectivity index (χ3v) is 4.53. The van der Waals surface area contributed by atoms with Crippen molar-refractivity contribution in [2.45, 2.75) is 12.6 Å². The summed E-state index contributed by atoms with van der Waals surface area (Å²) in [6, 6.07) is 12.7. The number of fused-ring (bicyclic) bond motifs is 1. The average molecular weight is 410 g/mol. The summed E-state index contributed by atoms with van der Waals surface area (Å²) in [4.78, 5) is 17.0. The molecule has 2 aromatic carbocycles. The van der Waals surface area contributed by atoms with Gasteiger partial charge in [0.2, 0.25) is 0 Å². The maximum atomic E-state index is 13.1. The summed E-state index contributed by atoms with van der Waals surface area (Å²) in [5.74, 6) is 0.919. The Kier molecular flexibility index (Phi) is 5.44. The van der Waals surface area contributed by atoms with Crippen LogP contribution in [0.5, 0.6) is 11.5 Å². The van der Waals surface area contributed by atoms with Gasteiger partial charge in [0.1, 0.15) is 41.7 Å². The molecule has 0 amide bonds. The maximum Gasteiger partial charge on any atom is 0.264 e. The Morgan fingerprint density at radius 3 is 2.50 bits per heavy atom. The summed E-state index contributed by atoms with van der Waals surface area (Å²) < 4.78 is 26.6. The predicted molar refractivity (Wildman–Crippen MR) is 108 cm³/mol. The van der Waals surface area contributed by atoms with E-state index in [0.29, 0.717) is 28.2 Å². The third kappa shape index (κ3) is 4.01. The van der Waals surface area contributed by atoms with Crippen molar-refractivity contribution in [3.8, 4) is 17.2 Å². The van der Waals surface area contributed by atoms with Gasteiger partial charge in [-0.1, -0.05) is 0 Å². The van der Waals surface area contributed by atoms with Gasteiger partial charge >= 0.3 is 0 Å². The summed E-state index contributed by atoms with van der Waals surface area (Å²) in [7, 11) is 1.57. The first-order chi connectivity index (χ1) is 14.5. The zero-order valence-corrected chi connectivity index (χ0v) is 16.1. The van der Waals surface area contributed by atoms with Gasteiger partial charge < -0.3 is 14.6 Å². The smallest absolute Gasteiger partial charge is 0.264 e. The fraction of sp³-hybridized carbons (Fsp3) is 0.190. The Hall–Kier alpha value is -3.72. The molecule has 0 aliphatic rings. The summed E-state index contributed by atoms with van der Waals surface area (Å²) in [5, 5.41) is 14.8. The average Bonchev–Trinajstić information content (AvgIpc) is 3.20. The molecule has 2 aromatic heterocycles. The van der Waals surface area contributed by atoms with Gasteiger partial charge in [0, 0.05) is 0 Å². The Morgan fingerprint density at radius 1 is 1.10 bits per heavy atom. The molecule has 8 nitrogen and oxygen atoms in total. The molecule has 9 heteroatoms. The number of ether oxygens (including phenoxy) is 2. The summed E-state index contributed by atoms with van der Waals surface area (Å²) in [6.07, 6.45) is 1.84. The number of benzene rings is 2. The molecule has 0 saturated carbocycles. The van der Waals surface area contributed by atoms with Gasteiger partial charge in [0.15, 0.2) is 5.65 Å². The maximum absolute atomic E-state index is 13.1. The number of aliphatic hydroxyl groups is 1. The topological polar surface area (TPSA) is 91.4 Å². The van der Waals surface area contributed by atoms with Crippen LogP contribution in [0.4, 0.5) is 4.39 Å². The van der Waals surface area contributed by atoms with Crippen molar-refractivity contribution in [1.29, 1.82) is 0 Å². The first kappa shape index (κ1) is 19.6. The zero-order valence-electron chi connectivity index (χ0n) is 16.1. The third-order valence-electron chi connectivity index (χ3n) is 4.53. The van der Waals surface area contributed by atoms with Crippen molar-refractivity contribution in [2.24, 2.45) is 0 Å². The van der Waals surface area contributed by atoms with E-state index in [0.717, 1.165) is 0 Å². The van der Waals surface area contributed by atoms with Gasteiger partial charge in [0.25, 0.3) is 5.56 Å². The fourth-order valence-electron chi connectivity index (χ4n) is 2.99. The summed E-state index contributed by atoms with van der Waals surface area (Å²) >= 11 is 0. The van der Waals surface area contributed by atoms with E-state index in [-0.39, 0.29) is 24.5 Å². The van der Waals surface area contributed by atoms with Gasteiger partial charge in [-0.3, -0.25) is 9.36 Å². The molecule has 30 heavy (non-hydrogen) atoms. The van der Waals surface area contributed by atoms with Crippen molar-refractivity contribution < 1.29 is 19.0 Å². The molecule has 4 aromatic rings. The van der Waals surface area contributed by atoms with Crippen LogP contribution in [0.1, 0.15) is 0 Å². The molecule has 0 spiro atoms. The van der Waals surface area contributed by atoms with Crippen LogP contribution in [0.2, 0.25) is 0 Å². The predicted octanol–water partition coefficient (Wildman–Crippen LogP) is 2.17. The first-order valence-electron chi connectivity index (χ1n) is 9.19. The molecule has 1 N–H and O–H groups in total. The van der Waals surface area contributed by atoms with E-state index in [9.17, 15) is 14.3 Å². The minimum Gasteiger partial charge on any atom is -0.497 e. The lowest BCUT2D eigenvalue weighted by molar-refractivity contribution is 0.0914. The van der Waals surface area contributed by atoms with Crippen molar-refractivity contribution in [3.63, 3.8) is 0 Å². The van der Waals surface area contributed by atoms with Crippen LogP contribution in [-0.2, 0) is 6.54 Å². The van der Waals surface area contributed by atoms with Gasteiger partial charge in [-0.25, -0.2) is 14.1 Å². The molecule has 0 bridgehead atoms. The van der Waals surface area contributed by atoms with Crippen LogP contribution in [0.25, 0.3) is 16.7 Å². The van der Waals surface area contributed by atoms with Crippen LogP contribution >= 0.6 is 0 Å². The molecular formula is C21H19FN4O4. The molecule has 0 fully saturated rings. The van der Waals surface area contributed by atoms with E-state index in [1.165, 1.54) is 33.9 Å². The molecule has 0 radical (unpaired) electrons. The van der Waals surface area contributed by atoms with Gasteiger partial charge in [-0.2, -0.15) is 5.10 Å². The molecular weight excluding hydrogens is 391 g/mol. The van der Waals surface area contributed by atoms with Crippen molar-refractivity contribution in [3.05, 3.63) is 77.2 Å². The van der Waals surface area contributed by atoms with E-state index in [4.69, 9.17) is 9.47 Å². The highest BCUT2D eigenvalue weighted by Crippen LogP contribution is 2.17. The van der Waals surface area contributed by atoms with Crippen LogP contribution in [0, 0.1) is 5.82 Å². The molecule has 0 aliphatic carbocycles. The van der Waals surface area contributed by atoms with Gasteiger partial charge in [-0.15, -0.1) is 0 Å². The number of methoxy groups -OCH3 is 1. The molecule has 4 rings (SSSR count). The van der Waals surface area contributed by atoms with Crippen LogP contribution in [-0.4, -0.2) is 44.3 Å². The number of hydrogen-bond acceptors (Lipinski definition) is 6. The van der Waals surface area contributed by atoms with Crippen LogP contribution in [0.15, 0.2) is 65.8 Å². The first-order valence-corrected chi connectivity index (χ1v) is 9.19. The number of rotatable bonds is 7. The number of aromatic nitrogens is 4. The molecule has 1 atom stereocenters. The lowest BCUT2D eigenvalue weighted by Crippen LogP contribution is -2.30. The SMILES string of the molecule is COc1ccc(OCC(O)Cn2cnc3c(cnn3-c3ccc(F)cc3)c2=O)cc1. The molecule has 154 valence electrons. The second-order valence-corrected chi connectivity index (χ2v) is 6.61. The number of halogens is 1. The minimum absolute atomic E-state index is 0.00560. The Bertz CT molecular complexity index is 1200. The Balaban J connectivity index is 1.48. The highest BCUT2D eigenvalue weighted by molar-refractivity contribution is 5.74. The van der Waals surface area contributed by atoms with Crippen molar-refractivity contribution >= 4 is 11.0 Å². The highest BCUT2D eigenvalue weighted by atomic mass is 19.1. The van der Waals surface area contributed by atoms with E-state index in [1.807, 2.05) is 0 Å². The molecule has 2 heterocycles. The summed E-state index contributed by atoms with van der Waals surface area (Å²) in [6.45, 7) is 0.0192. The fourth-order valence-corrected chi connectivity index (χ4v) is 2.99. The monoisotopic (exact) mass is 410 g/mol. The lowest BCUT2D eigenvalue weighted by Gasteiger charge is -2.14. The van der Waals surface area contributed by atoms with E-state index in [2.05, 4.69) is 10.1 Å². The van der Waals surface area contributed by atoms with Gasteiger partial charge in [0.05, 0.1) is 25.5 Å². The highest BCUT2D eigenvalue weighted by Gasteiger charge is 2.14. The van der Waals surface area contributed by atoms with E-state index >= 15 is 0 Å². The number of nitrogens with zero attached hydrogens (tertiary/aromatic N) is 4. The summed E-state index contributed by atoms with van der Waals surface area (Å²) in [5.41, 5.74) is 0.604. The standard InChI is InChI=1S/C21H19FN4O4/c1-29-17-6-8-18(9-7-17)30-12-16(27)11-25-13-23-20-19(21(25)28)10-24-26(20)15-4-2-14(22)3-5-15/h2-10,13,16,27H,11-12H2,1H3. The largest absolute Gasteiger partial charge is 0.497 e. The Labute approximate surface area is 170 Å². The second-order valence-electron chi connectivity index (χ2n) is 6.61. The lowest BCUT2D eigenvalue weighted by atomic mass is 10.3. The van der Waals surface area contributed by atoms with Crippen LogP contribution < -0.4 is 15.0 Å². The van der Waals surface area contributed by atoms with Crippen LogP contribution in [0.3, 0.4) is 0 Å². The van der Waals surface area contributed by atoms with E-state index < -0.39 is 6.10 Å².